The highest BCUT2D eigenvalue weighted by molar-refractivity contribution is 6.04. The lowest BCUT2D eigenvalue weighted by Gasteiger charge is -2.05. The second-order valence-corrected chi connectivity index (χ2v) is 4.35. The van der Waals surface area contributed by atoms with Gasteiger partial charge in [-0.2, -0.15) is 5.10 Å². The normalized spacial score (nSPS) is 10.2. The van der Waals surface area contributed by atoms with Crippen LogP contribution in [-0.2, 0) is 11.3 Å². The van der Waals surface area contributed by atoms with Crippen LogP contribution < -0.4 is 11.1 Å². The second kappa shape index (κ2) is 5.43. The SMILES string of the molecule is Cc1ccc(C(=O)Nc2cnn(CC(=O)O)c2)cc1N. The molecule has 7 heteroatoms. The summed E-state index contributed by atoms with van der Waals surface area (Å²) in [7, 11) is 0. The zero-order chi connectivity index (χ0) is 14.7. The van der Waals surface area contributed by atoms with Gasteiger partial charge in [-0.05, 0) is 24.6 Å². The van der Waals surface area contributed by atoms with Gasteiger partial charge in [-0.3, -0.25) is 14.3 Å². The van der Waals surface area contributed by atoms with Crippen LogP contribution in [0.3, 0.4) is 0 Å². The molecular formula is C13H14N4O3. The van der Waals surface area contributed by atoms with E-state index in [-0.39, 0.29) is 12.5 Å². The van der Waals surface area contributed by atoms with E-state index >= 15 is 0 Å². The summed E-state index contributed by atoms with van der Waals surface area (Å²) in [4.78, 5) is 22.5. The van der Waals surface area contributed by atoms with E-state index in [0.717, 1.165) is 5.56 Å². The maximum atomic E-state index is 12.0. The molecule has 0 unspecified atom stereocenters. The maximum absolute atomic E-state index is 12.0. The molecule has 1 aromatic heterocycles. The summed E-state index contributed by atoms with van der Waals surface area (Å²) < 4.78 is 1.22. The standard InChI is InChI=1S/C13H14N4O3/c1-8-2-3-9(4-11(8)14)13(20)16-10-5-15-17(6-10)7-12(18)19/h2-6H,7,14H2,1H3,(H,16,20)(H,18,19). The van der Waals surface area contributed by atoms with Crippen LogP contribution in [0, 0.1) is 6.92 Å². The second-order valence-electron chi connectivity index (χ2n) is 4.35. The first kappa shape index (κ1) is 13.6. The van der Waals surface area contributed by atoms with Crippen LogP contribution in [0.2, 0.25) is 0 Å². The molecule has 0 atom stereocenters. The average Bonchev–Trinajstić information content (AvgIpc) is 2.79. The van der Waals surface area contributed by atoms with Crippen molar-refractivity contribution in [3.63, 3.8) is 0 Å². The lowest BCUT2D eigenvalue weighted by atomic mass is 10.1. The molecule has 104 valence electrons. The Morgan fingerprint density at radius 2 is 2.20 bits per heavy atom. The van der Waals surface area contributed by atoms with Crippen molar-refractivity contribution in [2.75, 3.05) is 11.1 Å². The Bertz CT molecular complexity index is 663. The number of aromatic nitrogens is 2. The fraction of sp³-hybridized carbons (Fsp3) is 0.154. The molecule has 0 aliphatic carbocycles. The molecule has 2 rings (SSSR count). The van der Waals surface area contributed by atoms with Gasteiger partial charge in [0.05, 0.1) is 11.9 Å². The molecule has 0 saturated heterocycles. The van der Waals surface area contributed by atoms with Crippen molar-refractivity contribution in [2.24, 2.45) is 0 Å². The number of carbonyl (C=O) groups excluding carboxylic acids is 1. The van der Waals surface area contributed by atoms with Crippen LogP contribution in [0.25, 0.3) is 0 Å². The predicted octanol–water partition coefficient (Wildman–Crippen LogP) is 1.11. The number of hydrogen-bond donors (Lipinski definition) is 3. The highest BCUT2D eigenvalue weighted by Gasteiger charge is 2.09. The Labute approximate surface area is 115 Å². The third kappa shape index (κ3) is 3.14. The Kier molecular flexibility index (Phi) is 3.69. The largest absolute Gasteiger partial charge is 0.480 e. The monoisotopic (exact) mass is 274 g/mol. The Hall–Kier alpha value is -2.83. The van der Waals surface area contributed by atoms with Gasteiger partial charge in [0.15, 0.2) is 0 Å². The van der Waals surface area contributed by atoms with E-state index in [1.165, 1.54) is 17.1 Å². The number of nitrogens with one attached hydrogen (secondary N) is 1. The van der Waals surface area contributed by atoms with E-state index in [1.807, 2.05) is 6.92 Å². The molecule has 0 spiro atoms. The van der Waals surface area contributed by atoms with Gasteiger partial charge in [0.2, 0.25) is 0 Å². The van der Waals surface area contributed by atoms with Gasteiger partial charge >= 0.3 is 5.97 Å². The third-order valence-corrected chi connectivity index (χ3v) is 2.73. The Morgan fingerprint density at radius 1 is 1.45 bits per heavy atom. The van der Waals surface area contributed by atoms with Gasteiger partial charge in [-0.15, -0.1) is 0 Å². The Morgan fingerprint density at radius 3 is 2.85 bits per heavy atom. The summed E-state index contributed by atoms with van der Waals surface area (Å²) in [6.45, 7) is 1.60. The smallest absolute Gasteiger partial charge is 0.325 e. The summed E-state index contributed by atoms with van der Waals surface area (Å²) in [6, 6.07) is 5.02. The molecule has 0 saturated carbocycles. The quantitative estimate of drug-likeness (QED) is 0.723. The molecule has 0 radical (unpaired) electrons. The summed E-state index contributed by atoms with van der Waals surface area (Å²) >= 11 is 0. The number of aryl methyl sites for hydroxylation is 1. The Balaban J connectivity index is 2.09. The van der Waals surface area contributed by atoms with Crippen LogP contribution in [0.5, 0.6) is 0 Å². The number of nitrogens with two attached hydrogens (primary N) is 1. The summed E-state index contributed by atoms with van der Waals surface area (Å²) in [5, 5.41) is 15.1. The van der Waals surface area contributed by atoms with Crippen molar-refractivity contribution in [3.05, 3.63) is 41.7 Å². The summed E-state index contributed by atoms with van der Waals surface area (Å²) in [6.07, 6.45) is 2.84. The van der Waals surface area contributed by atoms with E-state index in [0.29, 0.717) is 16.9 Å². The predicted molar refractivity (Wildman–Crippen MR) is 73.4 cm³/mol. The van der Waals surface area contributed by atoms with E-state index in [4.69, 9.17) is 10.8 Å². The van der Waals surface area contributed by atoms with Crippen molar-refractivity contribution < 1.29 is 14.7 Å². The maximum Gasteiger partial charge on any atom is 0.325 e. The average molecular weight is 274 g/mol. The zero-order valence-electron chi connectivity index (χ0n) is 10.8. The molecule has 1 amide bonds. The molecule has 1 aromatic carbocycles. The van der Waals surface area contributed by atoms with Gasteiger partial charge in [-0.1, -0.05) is 6.07 Å². The van der Waals surface area contributed by atoms with Crippen LogP contribution >= 0.6 is 0 Å². The van der Waals surface area contributed by atoms with Crippen LogP contribution in [0.4, 0.5) is 11.4 Å². The minimum atomic E-state index is -1.00. The van der Waals surface area contributed by atoms with Crippen molar-refractivity contribution in [3.8, 4) is 0 Å². The van der Waals surface area contributed by atoms with Gasteiger partial charge in [0.25, 0.3) is 5.91 Å². The number of carboxylic acid groups (broad SMARTS) is 1. The first-order valence-electron chi connectivity index (χ1n) is 5.87. The topological polar surface area (TPSA) is 110 Å². The van der Waals surface area contributed by atoms with Gasteiger partial charge in [0.1, 0.15) is 6.54 Å². The van der Waals surface area contributed by atoms with Crippen LogP contribution in [0.15, 0.2) is 30.6 Å². The number of nitrogens with zero attached hydrogens (tertiary/aromatic N) is 2. The highest BCUT2D eigenvalue weighted by Crippen LogP contribution is 2.14. The van der Waals surface area contributed by atoms with Crippen molar-refractivity contribution >= 4 is 23.3 Å². The third-order valence-electron chi connectivity index (χ3n) is 2.73. The minimum Gasteiger partial charge on any atom is -0.480 e. The molecule has 0 aliphatic heterocycles. The highest BCUT2D eigenvalue weighted by atomic mass is 16.4. The molecule has 20 heavy (non-hydrogen) atoms. The molecule has 0 aliphatic rings. The minimum absolute atomic E-state index is 0.257. The first-order chi connectivity index (χ1) is 9.45. The van der Waals surface area contributed by atoms with Crippen molar-refractivity contribution in [1.82, 2.24) is 9.78 Å². The summed E-state index contributed by atoms with van der Waals surface area (Å²) in [5.41, 5.74) is 8.04. The lowest BCUT2D eigenvalue weighted by Crippen LogP contribution is -2.12. The van der Waals surface area contributed by atoms with Gasteiger partial charge in [-0.25, -0.2) is 0 Å². The number of carboxylic acids is 1. The molecule has 0 fully saturated rings. The van der Waals surface area contributed by atoms with Crippen LogP contribution in [-0.4, -0.2) is 26.8 Å². The number of hydrogen-bond acceptors (Lipinski definition) is 4. The number of nitrogen functional groups attached to an aromatic ring is 1. The number of anilines is 2. The van der Waals surface area contributed by atoms with Crippen LogP contribution in [0.1, 0.15) is 15.9 Å². The fourth-order valence-electron chi connectivity index (χ4n) is 1.64. The number of benzene rings is 1. The van der Waals surface area contributed by atoms with E-state index < -0.39 is 5.97 Å². The first-order valence-corrected chi connectivity index (χ1v) is 5.87. The zero-order valence-corrected chi connectivity index (χ0v) is 10.8. The van der Waals surface area contributed by atoms with Crippen molar-refractivity contribution in [2.45, 2.75) is 13.5 Å². The number of amides is 1. The van der Waals surface area contributed by atoms with Crippen molar-refractivity contribution in [1.29, 1.82) is 0 Å². The molecule has 4 N–H and O–H groups in total. The molecule has 0 bridgehead atoms. The van der Waals surface area contributed by atoms with E-state index in [1.54, 1.807) is 18.2 Å². The molecule has 2 aromatic rings. The fourth-order valence-corrected chi connectivity index (χ4v) is 1.64. The van der Waals surface area contributed by atoms with Gasteiger partial charge in [0, 0.05) is 17.4 Å². The van der Waals surface area contributed by atoms with E-state index in [2.05, 4.69) is 10.4 Å². The molecule has 7 nitrogen and oxygen atoms in total. The number of carbonyl (C=O) groups is 2. The number of rotatable bonds is 4. The van der Waals surface area contributed by atoms with Gasteiger partial charge < -0.3 is 16.2 Å². The lowest BCUT2D eigenvalue weighted by molar-refractivity contribution is -0.137. The molecule has 1 heterocycles. The number of aliphatic carboxylic acids is 1. The summed E-state index contributed by atoms with van der Waals surface area (Å²) in [5.74, 6) is -1.33. The molecular weight excluding hydrogens is 260 g/mol. The van der Waals surface area contributed by atoms with E-state index in [9.17, 15) is 9.59 Å².